The molecule has 0 radical (unpaired) electrons. The Labute approximate surface area is 94.6 Å². The van der Waals surface area contributed by atoms with Crippen LogP contribution in [-0.4, -0.2) is 11.3 Å². The Kier molecular flexibility index (Phi) is 3.89. The average Bonchev–Trinajstić information content (AvgIpc) is 2.20. The van der Waals surface area contributed by atoms with Crippen LogP contribution in [0.15, 0.2) is 6.07 Å². The van der Waals surface area contributed by atoms with Crippen LogP contribution in [0.5, 0.6) is 5.75 Å². The van der Waals surface area contributed by atoms with E-state index < -0.39 is 18.8 Å². The number of hydrogen-bond donors (Lipinski definition) is 0. The Morgan fingerprint density at radius 2 is 2.12 bits per heavy atom. The van der Waals surface area contributed by atoms with Gasteiger partial charge < -0.3 is 4.74 Å². The Morgan fingerprint density at radius 3 is 2.59 bits per heavy atom. The summed E-state index contributed by atoms with van der Waals surface area (Å²) in [5.41, 5.74) is -0.144. The van der Waals surface area contributed by atoms with Gasteiger partial charge in [-0.2, -0.15) is 5.26 Å². The number of halogens is 4. The summed E-state index contributed by atoms with van der Waals surface area (Å²) in [7, 11) is 0. The monoisotopic (exact) mass is 248 g/mol. The lowest BCUT2D eigenvalue weighted by molar-refractivity contribution is -0.275. The molecule has 1 heterocycles. The standard InChI is InChI=1S/C10H8F4N2O/c1-6-4-7(5-11)9(17-10(12,13)14)8(16-6)2-3-15/h4H,2,5H2,1H3. The molecule has 0 unspecified atom stereocenters. The van der Waals surface area contributed by atoms with Crippen LogP contribution in [0.25, 0.3) is 0 Å². The van der Waals surface area contributed by atoms with Crippen LogP contribution >= 0.6 is 0 Å². The minimum Gasteiger partial charge on any atom is -0.403 e. The number of rotatable bonds is 3. The first-order valence-corrected chi connectivity index (χ1v) is 4.55. The van der Waals surface area contributed by atoms with E-state index in [0.29, 0.717) is 5.69 Å². The number of nitriles is 1. The molecule has 0 atom stereocenters. The van der Waals surface area contributed by atoms with Gasteiger partial charge in [0.2, 0.25) is 0 Å². The van der Waals surface area contributed by atoms with Gasteiger partial charge in [-0.05, 0) is 13.0 Å². The van der Waals surface area contributed by atoms with Crippen molar-refractivity contribution in [3.63, 3.8) is 0 Å². The molecule has 0 fully saturated rings. The van der Waals surface area contributed by atoms with Crippen molar-refractivity contribution < 1.29 is 22.3 Å². The Bertz CT molecular complexity index is 451. The fraction of sp³-hybridized carbons (Fsp3) is 0.400. The highest BCUT2D eigenvalue weighted by molar-refractivity contribution is 5.40. The molecule has 1 aromatic heterocycles. The first kappa shape index (κ1) is 13.2. The second kappa shape index (κ2) is 4.99. The fourth-order valence-corrected chi connectivity index (χ4v) is 1.33. The minimum atomic E-state index is -4.94. The molecule has 17 heavy (non-hydrogen) atoms. The highest BCUT2D eigenvalue weighted by atomic mass is 19.4. The number of aromatic nitrogens is 1. The third kappa shape index (κ3) is 3.59. The fourth-order valence-electron chi connectivity index (χ4n) is 1.33. The molecule has 0 aliphatic rings. The SMILES string of the molecule is Cc1cc(CF)c(OC(F)(F)F)c(CC#N)n1. The van der Waals surface area contributed by atoms with Crippen LogP contribution in [0, 0.1) is 18.3 Å². The predicted octanol–water partition coefficient (Wildman–Crippen LogP) is 2.82. The van der Waals surface area contributed by atoms with E-state index in [2.05, 4.69) is 9.72 Å². The summed E-state index contributed by atoms with van der Waals surface area (Å²) in [5.74, 6) is -0.716. The molecule has 0 aromatic carbocycles. The maximum absolute atomic E-state index is 12.6. The van der Waals surface area contributed by atoms with E-state index >= 15 is 0 Å². The third-order valence-corrected chi connectivity index (χ3v) is 1.86. The van der Waals surface area contributed by atoms with Crippen molar-refractivity contribution in [2.45, 2.75) is 26.4 Å². The lowest BCUT2D eigenvalue weighted by Crippen LogP contribution is -2.20. The van der Waals surface area contributed by atoms with Gasteiger partial charge in [-0.25, -0.2) is 4.39 Å². The second-order valence-electron chi connectivity index (χ2n) is 3.21. The third-order valence-electron chi connectivity index (χ3n) is 1.86. The maximum atomic E-state index is 12.6. The smallest absolute Gasteiger partial charge is 0.403 e. The molecule has 0 spiro atoms. The van der Waals surface area contributed by atoms with Gasteiger partial charge in [0.1, 0.15) is 6.67 Å². The molecule has 0 saturated carbocycles. The number of ether oxygens (including phenoxy) is 1. The molecule has 0 saturated heterocycles. The van der Waals surface area contributed by atoms with Crippen molar-refractivity contribution in [2.75, 3.05) is 0 Å². The average molecular weight is 248 g/mol. The van der Waals surface area contributed by atoms with Crippen molar-refractivity contribution >= 4 is 0 Å². The van der Waals surface area contributed by atoms with Gasteiger partial charge in [0.25, 0.3) is 0 Å². The number of hydrogen-bond acceptors (Lipinski definition) is 3. The van der Waals surface area contributed by atoms with E-state index in [0.717, 1.165) is 6.07 Å². The first-order chi connectivity index (χ1) is 7.87. The Balaban J connectivity index is 3.27. The van der Waals surface area contributed by atoms with Gasteiger partial charge in [0.05, 0.1) is 18.2 Å². The summed E-state index contributed by atoms with van der Waals surface area (Å²) in [5, 5.41) is 8.48. The van der Waals surface area contributed by atoms with E-state index in [1.54, 1.807) is 6.07 Å². The number of nitrogens with zero attached hydrogens (tertiary/aromatic N) is 2. The molecule has 0 amide bonds. The van der Waals surface area contributed by atoms with Crippen molar-refractivity contribution in [3.05, 3.63) is 23.0 Å². The van der Waals surface area contributed by atoms with Gasteiger partial charge in [0.15, 0.2) is 5.75 Å². The quantitative estimate of drug-likeness (QED) is 0.772. The van der Waals surface area contributed by atoms with E-state index in [4.69, 9.17) is 5.26 Å². The zero-order valence-electron chi connectivity index (χ0n) is 8.81. The van der Waals surface area contributed by atoms with Gasteiger partial charge in [-0.15, -0.1) is 13.2 Å². The molecule has 1 aromatic rings. The predicted molar refractivity (Wildman–Crippen MR) is 49.8 cm³/mol. The van der Waals surface area contributed by atoms with E-state index in [1.165, 1.54) is 6.92 Å². The molecule has 3 nitrogen and oxygen atoms in total. The summed E-state index contributed by atoms with van der Waals surface area (Å²) in [6.07, 6.45) is -5.31. The Morgan fingerprint density at radius 1 is 1.47 bits per heavy atom. The molecule has 0 N–H and O–H groups in total. The lowest BCUT2D eigenvalue weighted by Gasteiger charge is -2.14. The first-order valence-electron chi connectivity index (χ1n) is 4.55. The topological polar surface area (TPSA) is 45.9 Å². The van der Waals surface area contributed by atoms with Gasteiger partial charge >= 0.3 is 6.36 Å². The summed E-state index contributed by atoms with van der Waals surface area (Å²) in [6, 6.07) is 2.81. The summed E-state index contributed by atoms with van der Waals surface area (Å²) < 4.78 is 52.7. The van der Waals surface area contributed by atoms with Crippen molar-refractivity contribution in [2.24, 2.45) is 0 Å². The highest BCUT2D eigenvalue weighted by Gasteiger charge is 2.33. The second-order valence-corrected chi connectivity index (χ2v) is 3.21. The van der Waals surface area contributed by atoms with Gasteiger partial charge in [-0.1, -0.05) is 0 Å². The van der Waals surface area contributed by atoms with Crippen molar-refractivity contribution in [3.8, 4) is 11.8 Å². The summed E-state index contributed by atoms with van der Waals surface area (Å²) >= 11 is 0. The molecule has 0 aliphatic heterocycles. The molecular weight excluding hydrogens is 240 g/mol. The van der Waals surface area contributed by atoms with E-state index in [9.17, 15) is 17.6 Å². The summed E-state index contributed by atoms with van der Waals surface area (Å²) in [6.45, 7) is 0.380. The van der Waals surface area contributed by atoms with Crippen LogP contribution in [-0.2, 0) is 13.1 Å². The molecule has 0 bridgehead atoms. The molecule has 1 rings (SSSR count). The van der Waals surface area contributed by atoms with Gasteiger partial charge in [0, 0.05) is 11.3 Å². The van der Waals surface area contributed by atoms with Crippen molar-refractivity contribution in [1.82, 2.24) is 4.98 Å². The molecule has 0 aliphatic carbocycles. The number of alkyl halides is 4. The van der Waals surface area contributed by atoms with Gasteiger partial charge in [-0.3, -0.25) is 4.98 Å². The summed E-state index contributed by atoms with van der Waals surface area (Å²) in [4.78, 5) is 3.74. The maximum Gasteiger partial charge on any atom is 0.573 e. The van der Waals surface area contributed by atoms with Crippen LogP contribution in [0.2, 0.25) is 0 Å². The number of pyridine rings is 1. The van der Waals surface area contributed by atoms with Crippen molar-refractivity contribution in [1.29, 1.82) is 5.26 Å². The van der Waals surface area contributed by atoms with Crippen LogP contribution in [0.1, 0.15) is 17.0 Å². The van der Waals surface area contributed by atoms with E-state index in [-0.39, 0.29) is 17.7 Å². The normalized spacial score (nSPS) is 11.1. The minimum absolute atomic E-state index is 0.211. The largest absolute Gasteiger partial charge is 0.573 e. The highest BCUT2D eigenvalue weighted by Crippen LogP contribution is 2.30. The molecule has 92 valence electrons. The lowest BCUT2D eigenvalue weighted by atomic mass is 10.1. The van der Waals surface area contributed by atoms with Crippen LogP contribution < -0.4 is 4.74 Å². The van der Waals surface area contributed by atoms with E-state index in [1.807, 2.05) is 0 Å². The zero-order chi connectivity index (χ0) is 13.1. The Hall–Kier alpha value is -1.84. The van der Waals surface area contributed by atoms with Crippen LogP contribution in [0.4, 0.5) is 17.6 Å². The molecule has 7 heteroatoms. The number of aryl methyl sites for hydroxylation is 1. The van der Waals surface area contributed by atoms with Crippen LogP contribution in [0.3, 0.4) is 0 Å². The zero-order valence-corrected chi connectivity index (χ0v) is 8.81. The molecular formula is C10H8F4N2O.